The van der Waals surface area contributed by atoms with Crippen molar-refractivity contribution < 1.29 is 13.3 Å². The van der Waals surface area contributed by atoms with Gasteiger partial charge in [0.1, 0.15) is 5.82 Å². The SMILES string of the molecule is Cc1ccc([N+](=O)[O-])cc1S(=O)(=O)NCc1ccnc(N2CCN(C)CC2)c1. The van der Waals surface area contributed by atoms with Gasteiger partial charge in [0.2, 0.25) is 10.0 Å². The number of benzene rings is 1. The van der Waals surface area contributed by atoms with E-state index in [4.69, 9.17) is 0 Å². The normalized spacial score (nSPS) is 15.6. The molecule has 0 aliphatic carbocycles. The molecule has 1 aliphatic heterocycles. The summed E-state index contributed by atoms with van der Waals surface area (Å²) in [5.41, 5.74) is 0.966. The minimum atomic E-state index is -3.89. The van der Waals surface area contributed by atoms with Crippen molar-refractivity contribution in [1.82, 2.24) is 14.6 Å². The number of aryl methyl sites for hydroxylation is 1. The molecule has 1 aliphatic rings. The Morgan fingerprint density at radius 1 is 1.18 bits per heavy atom. The highest BCUT2D eigenvalue weighted by atomic mass is 32.2. The standard InChI is InChI=1S/C18H23N5O4S/c1-14-3-4-16(23(24)25)12-17(14)28(26,27)20-13-15-5-6-19-18(11-15)22-9-7-21(2)8-10-22/h3-6,11-12,20H,7-10,13H2,1-2H3. The van der Waals surface area contributed by atoms with Crippen LogP contribution in [0.4, 0.5) is 11.5 Å². The van der Waals surface area contributed by atoms with Crippen molar-refractivity contribution in [2.75, 3.05) is 38.1 Å². The number of nitrogens with zero attached hydrogens (tertiary/aromatic N) is 4. The first kappa shape index (κ1) is 20.2. The molecule has 0 amide bonds. The largest absolute Gasteiger partial charge is 0.354 e. The molecule has 2 heterocycles. The second kappa shape index (κ2) is 8.21. The van der Waals surface area contributed by atoms with Crippen LogP contribution in [0.1, 0.15) is 11.1 Å². The number of rotatable bonds is 6. The molecule has 0 spiro atoms. The summed E-state index contributed by atoms with van der Waals surface area (Å²) >= 11 is 0. The Morgan fingerprint density at radius 2 is 1.89 bits per heavy atom. The molecule has 9 nitrogen and oxygen atoms in total. The summed E-state index contributed by atoms with van der Waals surface area (Å²) in [4.78, 5) is 19.1. The van der Waals surface area contributed by atoms with Crippen LogP contribution >= 0.6 is 0 Å². The zero-order valence-electron chi connectivity index (χ0n) is 15.8. The molecule has 0 bridgehead atoms. The predicted octanol–water partition coefficient (Wildman–Crippen LogP) is 1.53. The van der Waals surface area contributed by atoms with Crippen molar-refractivity contribution in [3.05, 3.63) is 57.8 Å². The lowest BCUT2D eigenvalue weighted by Gasteiger charge is -2.33. The van der Waals surface area contributed by atoms with Gasteiger partial charge < -0.3 is 9.80 Å². The van der Waals surface area contributed by atoms with Gasteiger partial charge in [-0.05, 0) is 37.2 Å². The average molecular weight is 405 g/mol. The Hall–Kier alpha value is -2.56. The van der Waals surface area contributed by atoms with E-state index in [9.17, 15) is 18.5 Å². The second-order valence-corrected chi connectivity index (χ2v) is 8.58. The van der Waals surface area contributed by atoms with E-state index in [2.05, 4.69) is 26.6 Å². The van der Waals surface area contributed by atoms with Crippen molar-refractivity contribution in [3.63, 3.8) is 0 Å². The van der Waals surface area contributed by atoms with Gasteiger partial charge in [0, 0.05) is 51.1 Å². The molecule has 0 unspecified atom stereocenters. The fraction of sp³-hybridized carbons (Fsp3) is 0.389. The highest BCUT2D eigenvalue weighted by Gasteiger charge is 2.21. The molecule has 150 valence electrons. The van der Waals surface area contributed by atoms with Crippen LogP contribution in [-0.2, 0) is 16.6 Å². The third kappa shape index (κ3) is 4.64. The van der Waals surface area contributed by atoms with Gasteiger partial charge in [0.05, 0.1) is 9.82 Å². The van der Waals surface area contributed by atoms with Gasteiger partial charge in [0.25, 0.3) is 5.69 Å². The number of non-ortho nitro benzene ring substituents is 1. The fourth-order valence-corrected chi connectivity index (χ4v) is 4.31. The van der Waals surface area contributed by atoms with Crippen LogP contribution in [0.15, 0.2) is 41.4 Å². The van der Waals surface area contributed by atoms with E-state index in [1.807, 2.05) is 6.07 Å². The number of pyridine rings is 1. The number of hydrogen-bond acceptors (Lipinski definition) is 7. The summed E-state index contributed by atoms with van der Waals surface area (Å²) < 4.78 is 27.8. The van der Waals surface area contributed by atoms with Gasteiger partial charge in [-0.1, -0.05) is 6.07 Å². The predicted molar refractivity (Wildman–Crippen MR) is 106 cm³/mol. The third-order valence-electron chi connectivity index (χ3n) is 4.78. The number of nitrogens with one attached hydrogen (secondary N) is 1. The van der Waals surface area contributed by atoms with Crippen LogP contribution in [0.3, 0.4) is 0 Å². The van der Waals surface area contributed by atoms with Gasteiger partial charge in [-0.25, -0.2) is 18.1 Å². The Kier molecular flexibility index (Phi) is 5.92. The highest BCUT2D eigenvalue weighted by molar-refractivity contribution is 7.89. The Balaban J connectivity index is 1.74. The lowest BCUT2D eigenvalue weighted by molar-refractivity contribution is -0.385. The monoisotopic (exact) mass is 405 g/mol. The number of anilines is 1. The van der Waals surface area contributed by atoms with Crippen molar-refractivity contribution in [2.24, 2.45) is 0 Å². The molecule has 0 saturated carbocycles. The second-order valence-electron chi connectivity index (χ2n) is 6.84. The minimum absolute atomic E-state index is 0.0771. The summed E-state index contributed by atoms with van der Waals surface area (Å²) in [6.45, 7) is 5.32. The topological polar surface area (TPSA) is 109 Å². The molecular weight excluding hydrogens is 382 g/mol. The number of nitro benzene ring substituents is 1. The molecule has 1 saturated heterocycles. The first-order chi connectivity index (χ1) is 13.3. The summed E-state index contributed by atoms with van der Waals surface area (Å²) in [6, 6.07) is 7.43. The van der Waals surface area contributed by atoms with Crippen molar-refractivity contribution in [1.29, 1.82) is 0 Å². The fourth-order valence-electron chi connectivity index (χ4n) is 3.03. The van der Waals surface area contributed by atoms with Crippen molar-refractivity contribution in [3.8, 4) is 0 Å². The molecule has 1 aromatic carbocycles. The van der Waals surface area contributed by atoms with Crippen molar-refractivity contribution in [2.45, 2.75) is 18.4 Å². The molecule has 1 aromatic heterocycles. The van der Waals surface area contributed by atoms with Gasteiger partial charge in [-0.15, -0.1) is 0 Å². The molecule has 1 fully saturated rings. The van der Waals surface area contributed by atoms with Gasteiger partial charge >= 0.3 is 0 Å². The molecule has 0 atom stereocenters. The number of nitro groups is 1. The van der Waals surface area contributed by atoms with E-state index < -0.39 is 14.9 Å². The van der Waals surface area contributed by atoms with Gasteiger partial charge in [-0.2, -0.15) is 0 Å². The maximum atomic E-state index is 12.7. The van der Waals surface area contributed by atoms with Crippen LogP contribution in [-0.4, -0.2) is 56.5 Å². The van der Waals surface area contributed by atoms with Crippen molar-refractivity contribution >= 4 is 21.5 Å². The summed E-state index contributed by atoms with van der Waals surface area (Å²) in [6.07, 6.45) is 1.66. The van der Waals surface area contributed by atoms with E-state index >= 15 is 0 Å². The zero-order valence-corrected chi connectivity index (χ0v) is 16.6. The zero-order chi connectivity index (χ0) is 20.3. The van der Waals surface area contributed by atoms with Crippen LogP contribution in [0, 0.1) is 17.0 Å². The minimum Gasteiger partial charge on any atom is -0.354 e. The number of sulfonamides is 1. The van der Waals surface area contributed by atoms with Crippen LogP contribution in [0.25, 0.3) is 0 Å². The van der Waals surface area contributed by atoms with E-state index in [0.29, 0.717) is 5.56 Å². The molecule has 2 aromatic rings. The molecular formula is C18H23N5O4S. The summed E-state index contributed by atoms with van der Waals surface area (Å²) in [7, 11) is -1.81. The van der Waals surface area contributed by atoms with E-state index in [0.717, 1.165) is 43.6 Å². The third-order valence-corrected chi connectivity index (χ3v) is 6.32. The average Bonchev–Trinajstić information content (AvgIpc) is 2.67. The molecule has 0 radical (unpaired) electrons. The van der Waals surface area contributed by atoms with Crippen LogP contribution in [0.2, 0.25) is 0 Å². The smallest absolute Gasteiger partial charge is 0.270 e. The number of hydrogen-bond donors (Lipinski definition) is 1. The van der Waals surface area contributed by atoms with Gasteiger partial charge in [0.15, 0.2) is 0 Å². The first-order valence-electron chi connectivity index (χ1n) is 8.89. The molecule has 3 rings (SSSR count). The number of likely N-dealkylation sites (N-methyl/N-ethyl adjacent to an activating group) is 1. The maximum Gasteiger partial charge on any atom is 0.270 e. The van der Waals surface area contributed by atoms with E-state index in [1.165, 1.54) is 12.1 Å². The molecule has 1 N–H and O–H groups in total. The number of piperazine rings is 1. The summed E-state index contributed by atoms with van der Waals surface area (Å²) in [5.74, 6) is 0.816. The molecule has 10 heteroatoms. The quantitative estimate of drug-likeness (QED) is 0.573. The lowest BCUT2D eigenvalue weighted by atomic mass is 10.2. The Bertz CT molecular complexity index is 972. The highest BCUT2D eigenvalue weighted by Crippen LogP contribution is 2.22. The first-order valence-corrected chi connectivity index (χ1v) is 10.4. The summed E-state index contributed by atoms with van der Waals surface area (Å²) in [5, 5.41) is 11.0. The molecule has 28 heavy (non-hydrogen) atoms. The lowest BCUT2D eigenvalue weighted by Crippen LogP contribution is -2.44. The number of aromatic nitrogens is 1. The maximum absolute atomic E-state index is 12.7. The Morgan fingerprint density at radius 3 is 2.57 bits per heavy atom. The van der Waals surface area contributed by atoms with Crippen LogP contribution < -0.4 is 9.62 Å². The van der Waals surface area contributed by atoms with Crippen LogP contribution in [0.5, 0.6) is 0 Å². The Labute approximate surface area is 164 Å². The van der Waals surface area contributed by atoms with Gasteiger partial charge in [-0.3, -0.25) is 10.1 Å². The van der Waals surface area contributed by atoms with E-state index in [-0.39, 0.29) is 17.1 Å². The van der Waals surface area contributed by atoms with E-state index in [1.54, 1.807) is 19.2 Å².